The Bertz CT molecular complexity index is 632. The van der Waals surface area contributed by atoms with Crippen molar-refractivity contribution in [3.05, 3.63) is 68.4 Å². The number of hydrogen-bond acceptors (Lipinski definition) is 0. The molecule has 0 spiro atoms. The largest absolute Gasteiger partial charge is 0.207 e. The molecule has 0 fully saturated rings. The summed E-state index contributed by atoms with van der Waals surface area (Å²) in [6.45, 7) is 0. The van der Waals surface area contributed by atoms with E-state index in [1.54, 1.807) is 0 Å². The summed E-state index contributed by atoms with van der Waals surface area (Å²) in [6.07, 6.45) is 0. The maximum absolute atomic E-state index is 13.8. The van der Waals surface area contributed by atoms with Crippen molar-refractivity contribution in [2.24, 2.45) is 0 Å². The number of benzene rings is 2. The molecule has 2 aromatic carbocycles. The molecule has 0 aliphatic heterocycles. The van der Waals surface area contributed by atoms with E-state index in [0.29, 0.717) is 0 Å². The molecule has 100 valence electrons. The minimum atomic E-state index is -0.799. The number of rotatable bonds is 2. The van der Waals surface area contributed by atoms with Gasteiger partial charge in [0.25, 0.3) is 0 Å². The van der Waals surface area contributed by atoms with E-state index in [9.17, 15) is 13.2 Å². The van der Waals surface area contributed by atoms with Crippen LogP contribution < -0.4 is 0 Å². The Balaban J connectivity index is 2.49. The van der Waals surface area contributed by atoms with Crippen LogP contribution in [0.25, 0.3) is 0 Å². The van der Waals surface area contributed by atoms with Crippen LogP contribution in [0.15, 0.2) is 34.8 Å². The van der Waals surface area contributed by atoms with Crippen LogP contribution >= 0.6 is 43.5 Å². The van der Waals surface area contributed by atoms with Gasteiger partial charge < -0.3 is 0 Å². The highest BCUT2D eigenvalue weighted by Gasteiger charge is 2.20. The number of hydrogen-bond donors (Lipinski definition) is 0. The Morgan fingerprint density at radius 1 is 0.895 bits per heavy atom. The molecular weight excluding hydrogens is 408 g/mol. The van der Waals surface area contributed by atoms with Crippen LogP contribution in [0.5, 0.6) is 0 Å². The Kier molecular flexibility index (Phi) is 4.58. The van der Waals surface area contributed by atoms with Crippen LogP contribution in [-0.4, -0.2) is 0 Å². The Labute approximate surface area is 129 Å². The van der Waals surface area contributed by atoms with Gasteiger partial charge in [-0.3, -0.25) is 0 Å². The first-order valence-corrected chi connectivity index (χ1v) is 7.22. The van der Waals surface area contributed by atoms with Crippen molar-refractivity contribution >= 4 is 43.5 Å². The van der Waals surface area contributed by atoms with Gasteiger partial charge >= 0.3 is 0 Å². The molecular formula is C13H6Br2ClF3. The second-order valence-corrected chi connectivity index (χ2v) is 6.02. The summed E-state index contributed by atoms with van der Waals surface area (Å²) in [5.74, 6) is -1.84. The van der Waals surface area contributed by atoms with E-state index < -0.39 is 22.3 Å². The summed E-state index contributed by atoms with van der Waals surface area (Å²) in [6, 6.07) is 6.07. The minimum Gasteiger partial charge on any atom is -0.207 e. The van der Waals surface area contributed by atoms with Gasteiger partial charge in [-0.1, -0.05) is 33.6 Å². The molecule has 6 heteroatoms. The van der Waals surface area contributed by atoms with Gasteiger partial charge in [-0.2, -0.15) is 0 Å². The van der Waals surface area contributed by atoms with Crippen LogP contribution in [0.1, 0.15) is 16.0 Å². The molecule has 2 aromatic rings. The van der Waals surface area contributed by atoms with Crippen molar-refractivity contribution in [3.8, 4) is 0 Å². The van der Waals surface area contributed by atoms with Crippen molar-refractivity contribution < 1.29 is 13.2 Å². The molecule has 19 heavy (non-hydrogen) atoms. The van der Waals surface area contributed by atoms with Gasteiger partial charge in [-0.25, -0.2) is 13.2 Å². The Morgan fingerprint density at radius 3 is 2.16 bits per heavy atom. The van der Waals surface area contributed by atoms with Crippen molar-refractivity contribution in [2.75, 3.05) is 0 Å². The molecule has 0 aliphatic carbocycles. The van der Waals surface area contributed by atoms with Gasteiger partial charge in [0.2, 0.25) is 0 Å². The lowest BCUT2D eigenvalue weighted by Crippen LogP contribution is -2.01. The molecule has 0 amide bonds. The zero-order valence-electron chi connectivity index (χ0n) is 9.23. The van der Waals surface area contributed by atoms with Gasteiger partial charge in [-0.15, -0.1) is 0 Å². The topological polar surface area (TPSA) is 0 Å². The third-order valence-corrected chi connectivity index (χ3v) is 4.38. The van der Waals surface area contributed by atoms with E-state index in [4.69, 9.17) is 11.6 Å². The summed E-state index contributed by atoms with van der Waals surface area (Å²) < 4.78 is 41.0. The predicted octanol–water partition coefficient (Wildman–Crippen LogP) is 6.00. The molecule has 0 aromatic heterocycles. The second kappa shape index (κ2) is 5.85. The fraction of sp³-hybridized carbons (Fsp3) is 0.0769. The number of halogens is 6. The second-order valence-electron chi connectivity index (χ2n) is 3.82. The maximum Gasteiger partial charge on any atom is 0.137 e. The highest BCUT2D eigenvalue weighted by Crippen LogP contribution is 2.36. The molecule has 0 radical (unpaired) electrons. The van der Waals surface area contributed by atoms with Crippen LogP contribution in [0, 0.1) is 17.5 Å². The van der Waals surface area contributed by atoms with E-state index >= 15 is 0 Å². The fourth-order valence-corrected chi connectivity index (χ4v) is 2.80. The third kappa shape index (κ3) is 3.15. The standard InChI is InChI=1S/C13H6Br2ClF3/c14-9-5-11(18)8(4-12(9)19)13(15)7-2-1-6(16)3-10(7)17/h1-5,13H. The highest BCUT2D eigenvalue weighted by atomic mass is 79.9. The molecule has 0 nitrogen and oxygen atoms in total. The summed E-state index contributed by atoms with van der Waals surface area (Å²) >= 11 is 11.7. The molecule has 0 aliphatic rings. The van der Waals surface area contributed by atoms with E-state index in [0.717, 1.165) is 18.2 Å². The highest BCUT2D eigenvalue weighted by molar-refractivity contribution is 9.10. The Morgan fingerprint density at radius 2 is 1.53 bits per heavy atom. The average molecular weight is 414 g/mol. The van der Waals surface area contributed by atoms with E-state index in [2.05, 4.69) is 31.9 Å². The lowest BCUT2D eigenvalue weighted by Gasteiger charge is -2.13. The van der Waals surface area contributed by atoms with Crippen LogP contribution in [0.3, 0.4) is 0 Å². The van der Waals surface area contributed by atoms with Crippen molar-refractivity contribution in [2.45, 2.75) is 4.83 Å². The number of alkyl halides is 1. The van der Waals surface area contributed by atoms with Gasteiger partial charge in [0.05, 0.1) is 9.30 Å². The lowest BCUT2D eigenvalue weighted by atomic mass is 10.0. The lowest BCUT2D eigenvalue weighted by molar-refractivity contribution is 0.577. The first-order chi connectivity index (χ1) is 8.90. The molecule has 1 atom stereocenters. The smallest absolute Gasteiger partial charge is 0.137 e. The monoisotopic (exact) mass is 412 g/mol. The summed E-state index contributed by atoms with van der Waals surface area (Å²) in [4.78, 5) is -0.799. The molecule has 0 N–H and O–H groups in total. The predicted molar refractivity (Wildman–Crippen MR) is 76.2 cm³/mol. The SMILES string of the molecule is Fc1cc(C(Br)c2ccc(Cl)cc2F)c(F)cc1Br. The summed E-state index contributed by atoms with van der Waals surface area (Å²) in [5.41, 5.74) is 0.201. The molecule has 2 rings (SSSR count). The molecule has 0 bridgehead atoms. The first-order valence-electron chi connectivity index (χ1n) is 5.13. The van der Waals surface area contributed by atoms with Gasteiger partial charge in [-0.05, 0) is 40.2 Å². The first kappa shape index (κ1) is 14.9. The van der Waals surface area contributed by atoms with Crippen molar-refractivity contribution in [1.82, 2.24) is 0 Å². The molecule has 0 heterocycles. The maximum atomic E-state index is 13.8. The molecule has 0 saturated heterocycles. The normalized spacial score (nSPS) is 12.5. The minimum absolute atomic E-state index is 0.0157. The molecule has 0 saturated carbocycles. The van der Waals surface area contributed by atoms with E-state index in [1.165, 1.54) is 12.1 Å². The zero-order valence-corrected chi connectivity index (χ0v) is 13.2. The van der Waals surface area contributed by atoms with E-state index in [1.807, 2.05) is 0 Å². The summed E-state index contributed by atoms with van der Waals surface area (Å²) in [5, 5.41) is 0.239. The fourth-order valence-electron chi connectivity index (χ4n) is 1.61. The summed E-state index contributed by atoms with van der Waals surface area (Å²) in [7, 11) is 0. The molecule has 1 unspecified atom stereocenters. The third-order valence-electron chi connectivity index (χ3n) is 2.55. The van der Waals surface area contributed by atoms with E-state index in [-0.39, 0.29) is 20.6 Å². The van der Waals surface area contributed by atoms with Gasteiger partial charge in [0.15, 0.2) is 0 Å². The zero-order chi connectivity index (χ0) is 14.2. The van der Waals surface area contributed by atoms with Gasteiger partial charge in [0.1, 0.15) is 17.5 Å². The Hall–Kier alpha value is -0.520. The van der Waals surface area contributed by atoms with Crippen LogP contribution in [0.2, 0.25) is 5.02 Å². The van der Waals surface area contributed by atoms with Crippen LogP contribution in [-0.2, 0) is 0 Å². The van der Waals surface area contributed by atoms with Crippen molar-refractivity contribution in [1.29, 1.82) is 0 Å². The quantitative estimate of drug-likeness (QED) is 0.417. The van der Waals surface area contributed by atoms with Gasteiger partial charge in [0, 0.05) is 16.1 Å². The van der Waals surface area contributed by atoms with Crippen LogP contribution in [0.4, 0.5) is 13.2 Å². The average Bonchev–Trinajstić information content (AvgIpc) is 2.33. The van der Waals surface area contributed by atoms with Crippen molar-refractivity contribution in [3.63, 3.8) is 0 Å².